The van der Waals surface area contributed by atoms with E-state index < -0.39 is 29.8 Å². The monoisotopic (exact) mass is 910 g/mol. The Bertz CT molecular complexity index is 2230. The first-order valence-corrected chi connectivity index (χ1v) is 22.6. The number of benzene rings is 3. The highest BCUT2D eigenvalue weighted by molar-refractivity contribution is 6.03. The van der Waals surface area contributed by atoms with Crippen molar-refractivity contribution in [3.63, 3.8) is 0 Å². The zero-order valence-electron chi connectivity index (χ0n) is 38.0. The van der Waals surface area contributed by atoms with Gasteiger partial charge in [-0.1, -0.05) is 30.1 Å². The number of fused-ring (bicyclic) bond motifs is 2. The molecule has 0 radical (unpaired) electrons. The van der Waals surface area contributed by atoms with E-state index in [1.165, 1.54) is 14.2 Å². The van der Waals surface area contributed by atoms with Crippen LogP contribution in [-0.4, -0.2) is 117 Å². The third kappa shape index (κ3) is 11.2. The molecule has 66 heavy (non-hydrogen) atoms. The lowest BCUT2D eigenvalue weighted by Crippen LogP contribution is -2.70. The summed E-state index contributed by atoms with van der Waals surface area (Å²) in [6, 6.07) is 17.9. The van der Waals surface area contributed by atoms with Crippen molar-refractivity contribution in [2.45, 2.75) is 69.6 Å². The number of unbranched alkanes of at least 4 members (excludes halogenated alkanes) is 2. The highest BCUT2D eigenvalue weighted by Gasteiger charge is 2.65. The number of nitrogens with one attached hydrogen (secondary N) is 1. The van der Waals surface area contributed by atoms with Crippen molar-refractivity contribution in [2.75, 3.05) is 72.3 Å². The Hall–Kier alpha value is -5.96. The van der Waals surface area contributed by atoms with Crippen molar-refractivity contribution < 1.29 is 58.2 Å². The van der Waals surface area contributed by atoms with Gasteiger partial charge in [0, 0.05) is 49.3 Å². The van der Waals surface area contributed by atoms with Crippen LogP contribution in [0.3, 0.4) is 0 Å². The number of oxime groups is 1. The summed E-state index contributed by atoms with van der Waals surface area (Å²) in [7, 11) is 3.02. The molecule has 6 rings (SSSR count). The van der Waals surface area contributed by atoms with Gasteiger partial charge < -0.3 is 53.5 Å². The zero-order valence-corrected chi connectivity index (χ0v) is 38.0. The van der Waals surface area contributed by atoms with Crippen LogP contribution >= 0.6 is 0 Å². The van der Waals surface area contributed by atoms with E-state index >= 15 is 4.79 Å². The lowest BCUT2D eigenvalue weighted by Gasteiger charge is -2.60. The van der Waals surface area contributed by atoms with Crippen molar-refractivity contribution in [3.05, 3.63) is 102 Å². The largest absolute Gasteiger partial charge is 0.497 e. The fourth-order valence-corrected chi connectivity index (χ4v) is 9.58. The second-order valence-corrected chi connectivity index (χ2v) is 16.3. The quantitative estimate of drug-likeness (QED) is 0.0406. The molecule has 1 aliphatic heterocycles. The number of nitrogens with zero attached hydrogens (tertiary/aromatic N) is 3. The van der Waals surface area contributed by atoms with Gasteiger partial charge in [-0.05, 0) is 105 Å². The number of amides is 2. The fraction of sp³-hybridized carbons (Fsp3) is 0.480. The van der Waals surface area contributed by atoms with Crippen LogP contribution in [0.4, 0.5) is 10.5 Å². The molecule has 1 heterocycles. The molecule has 2 amide bonds. The average Bonchev–Trinajstić information content (AvgIpc) is 3.34. The van der Waals surface area contributed by atoms with Gasteiger partial charge in [0.25, 0.3) is 5.91 Å². The molecule has 354 valence electrons. The number of ether oxygens (including phenoxy) is 6. The molecule has 1 fully saturated rings. The van der Waals surface area contributed by atoms with E-state index in [1.54, 1.807) is 65.6 Å². The maximum Gasteiger partial charge on any atom is 0.417 e. The van der Waals surface area contributed by atoms with E-state index in [0.29, 0.717) is 65.5 Å². The first kappa shape index (κ1) is 49.5. The van der Waals surface area contributed by atoms with E-state index in [-0.39, 0.29) is 82.7 Å². The molecule has 1 saturated carbocycles. The molecule has 0 aromatic heterocycles. The van der Waals surface area contributed by atoms with Crippen molar-refractivity contribution in [1.29, 1.82) is 5.26 Å². The van der Waals surface area contributed by atoms with Crippen LogP contribution in [0.2, 0.25) is 0 Å². The van der Waals surface area contributed by atoms with Crippen molar-refractivity contribution >= 4 is 23.4 Å². The Morgan fingerprint density at radius 3 is 2.41 bits per heavy atom. The topological polar surface area (TPSA) is 211 Å². The Balaban J connectivity index is 1.55. The van der Waals surface area contributed by atoms with Gasteiger partial charge in [0.1, 0.15) is 35.6 Å². The van der Waals surface area contributed by atoms with Gasteiger partial charge in [-0.25, -0.2) is 4.79 Å². The number of carbonyl (C=O) groups is 2. The standard InChI is InChI=1S/C50H62N4O12/c1-5-25-63-50-45(54(21-26-62-27-24-57)48(58)34-15-13-33(32-51)14-16-34)31-42(53-64-6-2)39-28-35(11-7-9-22-55)38(12-8-10-23-56)46(47(39)50)40-29-37(18-20-43(40)66-50)65-49(59)52-41-19-17-36(60-3)30-44(41)61-4/h5,13-20,28-30,35,38,45-47,55-57H,1,6-12,21-27,31H2,2-4H3,(H,52,59)/t35-,38+,45-,46+,47+,50+/m0/s1. The van der Waals surface area contributed by atoms with E-state index in [0.717, 1.165) is 24.0 Å². The molecule has 0 unspecified atom stereocenters. The minimum Gasteiger partial charge on any atom is -0.497 e. The van der Waals surface area contributed by atoms with Crippen LogP contribution in [0.5, 0.6) is 23.0 Å². The molecule has 0 saturated heterocycles. The predicted molar refractivity (Wildman–Crippen MR) is 246 cm³/mol. The molecule has 6 atom stereocenters. The molecule has 0 spiro atoms. The highest BCUT2D eigenvalue weighted by atomic mass is 16.7. The highest BCUT2D eigenvalue weighted by Crippen LogP contribution is 2.62. The normalized spacial score (nSPS) is 22.1. The molecular formula is C50H62N4O12. The van der Waals surface area contributed by atoms with E-state index in [4.69, 9.17) is 38.4 Å². The minimum absolute atomic E-state index is 0.0211. The summed E-state index contributed by atoms with van der Waals surface area (Å²) in [6.45, 7) is 6.24. The smallest absolute Gasteiger partial charge is 0.417 e. The van der Waals surface area contributed by atoms with Gasteiger partial charge in [0.2, 0.25) is 5.79 Å². The number of hydrogen-bond acceptors (Lipinski definition) is 14. The van der Waals surface area contributed by atoms with Gasteiger partial charge in [0.15, 0.2) is 0 Å². The van der Waals surface area contributed by atoms with Crippen molar-refractivity contribution in [1.82, 2.24) is 4.90 Å². The van der Waals surface area contributed by atoms with E-state index in [1.807, 2.05) is 13.0 Å². The predicted octanol–water partition coefficient (Wildman–Crippen LogP) is 6.99. The van der Waals surface area contributed by atoms with Gasteiger partial charge in [-0.3, -0.25) is 10.1 Å². The fourth-order valence-electron chi connectivity index (χ4n) is 9.58. The number of anilines is 1. The number of aliphatic hydroxyl groups is 3. The summed E-state index contributed by atoms with van der Waals surface area (Å²) < 4.78 is 36.9. The number of hydrogen-bond donors (Lipinski definition) is 4. The first-order chi connectivity index (χ1) is 32.2. The molecular weight excluding hydrogens is 849 g/mol. The SMILES string of the molecule is C=CCO[C@@]12Oc3ccc(OC(=O)Nc4ccc(OC)cc4OC)cc3[C@H]3[C@H](CCCCO)[C@@H](CCCCO)C=C(C(=NOCC)C[C@@H]1N(CCOCCO)C(=O)c1ccc(C#N)cc1)[C@H]32. The zero-order chi connectivity index (χ0) is 47.1. The average molecular weight is 911 g/mol. The van der Waals surface area contributed by atoms with Gasteiger partial charge in [-0.15, -0.1) is 6.58 Å². The third-order valence-corrected chi connectivity index (χ3v) is 12.4. The number of aliphatic hydroxyl groups excluding tert-OH is 3. The summed E-state index contributed by atoms with van der Waals surface area (Å²) in [5.41, 5.74) is 3.30. The summed E-state index contributed by atoms with van der Waals surface area (Å²) in [5.74, 6) is -1.44. The summed E-state index contributed by atoms with van der Waals surface area (Å²) >= 11 is 0. The Morgan fingerprint density at radius 1 is 0.970 bits per heavy atom. The number of nitriles is 1. The summed E-state index contributed by atoms with van der Waals surface area (Å²) in [4.78, 5) is 36.1. The van der Waals surface area contributed by atoms with Gasteiger partial charge >= 0.3 is 6.09 Å². The van der Waals surface area contributed by atoms with Crippen LogP contribution in [0.25, 0.3) is 0 Å². The number of rotatable bonds is 24. The second kappa shape index (κ2) is 24.0. The molecule has 4 N–H and O–H groups in total. The van der Waals surface area contributed by atoms with Crippen molar-refractivity contribution in [2.24, 2.45) is 22.9 Å². The van der Waals surface area contributed by atoms with Gasteiger partial charge in [-0.2, -0.15) is 5.26 Å². The molecule has 3 aromatic rings. The van der Waals surface area contributed by atoms with Crippen LogP contribution in [-0.2, 0) is 14.3 Å². The molecule has 16 heteroatoms. The summed E-state index contributed by atoms with van der Waals surface area (Å²) in [5, 5.41) is 46.6. The lowest BCUT2D eigenvalue weighted by atomic mass is 9.55. The van der Waals surface area contributed by atoms with E-state index in [9.17, 15) is 25.4 Å². The van der Waals surface area contributed by atoms with Crippen molar-refractivity contribution in [3.8, 4) is 29.1 Å². The maximum absolute atomic E-state index is 15.0. The van der Waals surface area contributed by atoms with Crippen LogP contribution in [0.1, 0.15) is 79.3 Å². The van der Waals surface area contributed by atoms with E-state index in [2.05, 4.69) is 24.0 Å². The molecule has 0 bridgehead atoms. The van der Waals surface area contributed by atoms with Gasteiger partial charge in [0.05, 0.1) is 69.6 Å². The molecule has 3 aliphatic rings. The van der Waals surface area contributed by atoms with Crippen LogP contribution in [0, 0.1) is 29.1 Å². The lowest BCUT2D eigenvalue weighted by molar-refractivity contribution is -0.254. The number of allylic oxidation sites excluding steroid dienone is 1. The van der Waals surface area contributed by atoms with Crippen LogP contribution in [0.15, 0.2) is 90.1 Å². The minimum atomic E-state index is -1.57. The maximum atomic E-state index is 15.0. The second-order valence-electron chi connectivity index (χ2n) is 16.3. The first-order valence-electron chi connectivity index (χ1n) is 22.6. The number of carbonyl (C=O) groups excluding carboxylic acids is 2. The Labute approximate surface area is 386 Å². The van der Waals surface area contributed by atoms with Crippen LogP contribution < -0.4 is 24.3 Å². The number of methoxy groups -OCH3 is 2. The Morgan fingerprint density at radius 2 is 1.73 bits per heavy atom. The molecule has 3 aromatic carbocycles. The molecule has 16 nitrogen and oxygen atoms in total. The summed E-state index contributed by atoms with van der Waals surface area (Å²) in [6.07, 6.45) is 7.35. The Kier molecular flexibility index (Phi) is 18.0. The molecule has 2 aliphatic carbocycles. The third-order valence-electron chi connectivity index (χ3n) is 12.4.